The zero-order chi connectivity index (χ0) is 27.1. The molecule has 1 atom stereocenters. The van der Waals surface area contributed by atoms with E-state index >= 15 is 0 Å². The molecule has 1 unspecified atom stereocenters. The fourth-order valence-corrected chi connectivity index (χ4v) is 4.54. The molecule has 0 bridgehead atoms. The van der Waals surface area contributed by atoms with Crippen molar-refractivity contribution in [2.24, 2.45) is 5.92 Å². The number of nitrogen functional groups attached to an aromatic ring is 1. The van der Waals surface area contributed by atoms with E-state index in [0.717, 1.165) is 67.6 Å². The smallest absolute Gasteiger partial charge is 0.247 e. The predicted molar refractivity (Wildman–Crippen MR) is 150 cm³/mol. The molecular weight excluding hydrogens is 480 g/mol. The Bertz CT molecular complexity index is 1310. The Hall–Kier alpha value is -4.30. The van der Waals surface area contributed by atoms with Crippen LogP contribution in [0.2, 0.25) is 0 Å². The van der Waals surface area contributed by atoms with Crippen LogP contribution in [-0.2, 0) is 4.79 Å². The molecule has 0 spiro atoms. The first-order valence-corrected chi connectivity index (χ1v) is 12.8. The lowest BCUT2D eigenvalue weighted by molar-refractivity contribution is -0.111. The van der Waals surface area contributed by atoms with Crippen LogP contribution in [0.3, 0.4) is 0 Å². The molecule has 11 heteroatoms. The van der Waals surface area contributed by atoms with E-state index in [1.54, 1.807) is 0 Å². The molecule has 38 heavy (non-hydrogen) atoms. The van der Waals surface area contributed by atoms with Gasteiger partial charge in [-0.25, -0.2) is 15.0 Å². The summed E-state index contributed by atoms with van der Waals surface area (Å²) in [6.07, 6.45) is 6.48. The van der Waals surface area contributed by atoms with Crippen molar-refractivity contribution in [3.63, 3.8) is 0 Å². The van der Waals surface area contributed by atoms with E-state index < -0.39 is 0 Å². The number of rotatable bonds is 4. The summed E-state index contributed by atoms with van der Waals surface area (Å²) in [6, 6.07) is 7.75. The van der Waals surface area contributed by atoms with Crippen LogP contribution in [0.25, 0.3) is 10.9 Å². The summed E-state index contributed by atoms with van der Waals surface area (Å²) in [7, 11) is 2.15. The summed E-state index contributed by atoms with van der Waals surface area (Å²) in [6.45, 7) is 11.7. The third kappa shape index (κ3) is 6.72. The molecule has 3 N–H and O–H groups in total. The number of fused-ring (bicyclic) bond motifs is 1. The third-order valence-electron chi connectivity index (χ3n) is 6.66. The normalized spacial score (nSPS) is 17.8. The lowest BCUT2D eigenvalue weighted by Crippen LogP contribution is -2.45. The van der Waals surface area contributed by atoms with E-state index in [1.165, 1.54) is 31.3 Å². The van der Waals surface area contributed by atoms with Crippen molar-refractivity contribution in [3.05, 3.63) is 48.8 Å². The van der Waals surface area contributed by atoms with Gasteiger partial charge >= 0.3 is 0 Å². The van der Waals surface area contributed by atoms with Crippen LogP contribution in [0.1, 0.15) is 25.3 Å². The summed E-state index contributed by atoms with van der Waals surface area (Å²) in [5.41, 5.74) is 7.16. The highest BCUT2D eigenvalue weighted by atomic mass is 16.1. The maximum absolute atomic E-state index is 11.7. The highest BCUT2D eigenvalue weighted by Gasteiger charge is 2.23. The lowest BCUT2D eigenvalue weighted by Gasteiger charge is -2.35. The molecule has 0 saturated carbocycles. The second-order valence-electron chi connectivity index (χ2n) is 9.70. The molecule has 2 fully saturated rings. The summed E-state index contributed by atoms with van der Waals surface area (Å²) < 4.78 is 0. The second-order valence-corrected chi connectivity index (χ2v) is 9.70. The second kappa shape index (κ2) is 12.3. The molecule has 2 aromatic heterocycles. The van der Waals surface area contributed by atoms with Gasteiger partial charge in [0.1, 0.15) is 11.9 Å². The van der Waals surface area contributed by atoms with Crippen molar-refractivity contribution in [1.29, 1.82) is 5.26 Å². The lowest BCUT2D eigenvalue weighted by atomic mass is 10.00. The highest BCUT2D eigenvalue weighted by molar-refractivity contribution is 6.01. The Labute approximate surface area is 223 Å². The first-order valence-electron chi connectivity index (χ1n) is 12.8. The van der Waals surface area contributed by atoms with Crippen LogP contribution in [-0.4, -0.2) is 77.1 Å². The van der Waals surface area contributed by atoms with E-state index in [1.807, 2.05) is 24.3 Å². The minimum absolute atomic E-state index is 0.189. The monoisotopic (exact) mass is 514 g/mol. The first-order chi connectivity index (χ1) is 18.4. The number of carbonyl (C=O) groups is 1. The SMILES string of the molecule is C=CC(=O)Nc1ccc2c(N3CCCC(C)C3)nc(N3CCN(C)CC3)nc2c1.N#Cc1cnc(N)nc1. The largest absolute Gasteiger partial charge is 0.368 e. The zero-order valence-corrected chi connectivity index (χ0v) is 22.0. The van der Waals surface area contributed by atoms with E-state index in [9.17, 15) is 4.79 Å². The van der Waals surface area contributed by atoms with Crippen LogP contribution in [0.5, 0.6) is 0 Å². The van der Waals surface area contributed by atoms with Gasteiger partial charge in [-0.2, -0.15) is 10.2 Å². The Morgan fingerprint density at radius 3 is 2.55 bits per heavy atom. The fourth-order valence-electron chi connectivity index (χ4n) is 4.54. The van der Waals surface area contributed by atoms with Crippen LogP contribution in [0, 0.1) is 17.2 Å². The van der Waals surface area contributed by atoms with Crippen LogP contribution in [0.15, 0.2) is 43.2 Å². The number of nitriles is 1. The number of piperidine rings is 1. The fraction of sp³-hybridized carbons (Fsp3) is 0.407. The standard InChI is InChI=1S/C22H30N6O.C5H4N4/c1-4-20(29)23-17-7-8-18-19(14-17)24-22(27-12-10-26(3)11-13-27)25-21(18)28-9-5-6-16(2)15-28;6-1-4-2-8-5(7)9-3-4/h4,7-8,14,16H,1,5-6,9-13,15H2,2-3H3,(H,23,29);2-3H,(H2,7,8,9). The Balaban J connectivity index is 0.000000317. The summed E-state index contributed by atoms with van der Waals surface area (Å²) in [5.74, 6) is 2.42. The molecule has 198 valence electrons. The van der Waals surface area contributed by atoms with E-state index in [2.05, 4.69) is 50.5 Å². The van der Waals surface area contributed by atoms with Crippen molar-refractivity contribution in [3.8, 4) is 6.07 Å². The minimum Gasteiger partial charge on any atom is -0.368 e. The van der Waals surface area contributed by atoms with Crippen molar-refractivity contribution in [1.82, 2.24) is 24.8 Å². The van der Waals surface area contributed by atoms with Gasteiger partial charge in [-0.3, -0.25) is 4.79 Å². The predicted octanol–water partition coefficient (Wildman–Crippen LogP) is 2.67. The Morgan fingerprint density at radius 2 is 1.89 bits per heavy atom. The number of nitrogens with zero attached hydrogens (tertiary/aromatic N) is 8. The molecule has 4 heterocycles. The van der Waals surface area contributed by atoms with Gasteiger partial charge in [-0.1, -0.05) is 13.5 Å². The number of piperazine rings is 1. The number of likely N-dealkylation sites (N-methyl/N-ethyl adjacent to an activating group) is 1. The Kier molecular flexibility index (Phi) is 8.66. The van der Waals surface area contributed by atoms with Crippen LogP contribution in [0.4, 0.5) is 23.4 Å². The average Bonchev–Trinajstić information content (AvgIpc) is 2.93. The average molecular weight is 515 g/mol. The van der Waals surface area contributed by atoms with Crippen molar-refractivity contribution in [2.75, 3.05) is 67.2 Å². The first kappa shape index (κ1) is 26.8. The van der Waals surface area contributed by atoms with Gasteiger partial charge in [0, 0.05) is 50.3 Å². The summed E-state index contributed by atoms with van der Waals surface area (Å²) in [4.78, 5) is 35.8. The molecule has 11 nitrogen and oxygen atoms in total. The molecule has 3 aromatic rings. The number of carbonyl (C=O) groups excluding carboxylic acids is 1. The van der Waals surface area contributed by atoms with Crippen molar-refractivity contribution >= 4 is 40.2 Å². The van der Waals surface area contributed by atoms with Gasteiger partial charge < -0.3 is 25.8 Å². The topological polar surface area (TPSA) is 140 Å². The molecular formula is C27H34N10O. The number of benzene rings is 1. The number of nitrogens with one attached hydrogen (secondary N) is 1. The Morgan fingerprint density at radius 1 is 1.16 bits per heavy atom. The van der Waals surface area contributed by atoms with Crippen molar-refractivity contribution < 1.29 is 4.79 Å². The number of anilines is 4. The van der Waals surface area contributed by atoms with Crippen LogP contribution >= 0.6 is 0 Å². The van der Waals surface area contributed by atoms with Crippen molar-refractivity contribution in [2.45, 2.75) is 19.8 Å². The zero-order valence-electron chi connectivity index (χ0n) is 22.0. The van der Waals surface area contributed by atoms with E-state index in [-0.39, 0.29) is 11.9 Å². The number of aromatic nitrogens is 4. The molecule has 2 aliphatic rings. The molecule has 0 radical (unpaired) electrons. The van der Waals surface area contributed by atoms with Crippen LogP contribution < -0.4 is 20.9 Å². The van der Waals surface area contributed by atoms with Gasteiger partial charge in [0.2, 0.25) is 17.8 Å². The van der Waals surface area contributed by atoms with Gasteiger partial charge in [-0.05, 0) is 50.1 Å². The molecule has 2 saturated heterocycles. The highest BCUT2D eigenvalue weighted by Crippen LogP contribution is 2.31. The number of nitrogens with two attached hydrogens (primary N) is 1. The molecule has 0 aliphatic carbocycles. The summed E-state index contributed by atoms with van der Waals surface area (Å²) >= 11 is 0. The number of amides is 1. The maximum atomic E-state index is 11.7. The van der Waals surface area contributed by atoms with Gasteiger partial charge in [0.05, 0.1) is 23.5 Å². The minimum atomic E-state index is -0.220. The number of hydrogen-bond donors (Lipinski definition) is 2. The quantitative estimate of drug-likeness (QED) is 0.499. The van der Waals surface area contributed by atoms with E-state index in [0.29, 0.717) is 11.5 Å². The number of hydrogen-bond acceptors (Lipinski definition) is 10. The maximum Gasteiger partial charge on any atom is 0.247 e. The van der Waals surface area contributed by atoms with E-state index in [4.69, 9.17) is 21.0 Å². The molecule has 5 rings (SSSR count). The van der Waals surface area contributed by atoms with Gasteiger partial charge in [0.15, 0.2) is 0 Å². The summed E-state index contributed by atoms with van der Waals surface area (Å²) in [5, 5.41) is 12.1. The van der Waals surface area contributed by atoms with Gasteiger partial charge in [-0.15, -0.1) is 0 Å². The van der Waals surface area contributed by atoms with Gasteiger partial charge in [0.25, 0.3) is 0 Å². The molecule has 2 aliphatic heterocycles. The third-order valence-corrected chi connectivity index (χ3v) is 6.66. The molecule has 1 aromatic carbocycles. The molecule has 1 amide bonds.